The first kappa shape index (κ1) is 20.9. The molecule has 0 aliphatic carbocycles. The molecule has 0 atom stereocenters. The van der Waals surface area contributed by atoms with Gasteiger partial charge >= 0.3 is 7.60 Å². The molecule has 0 aromatic rings. The minimum atomic E-state index is -3.04. The molecule has 1 N–H and O–H groups in total. The molecule has 1 fully saturated rings. The molecule has 0 saturated carbocycles. The third kappa shape index (κ3) is 8.17. The van der Waals surface area contributed by atoms with Gasteiger partial charge in [-0.3, -0.25) is 9.36 Å². The second kappa shape index (κ2) is 11.4. The lowest BCUT2D eigenvalue weighted by molar-refractivity contribution is -0.127. The minimum Gasteiger partial charge on any atom is -0.341 e. The van der Waals surface area contributed by atoms with Crippen molar-refractivity contribution in [2.45, 2.75) is 39.5 Å². The van der Waals surface area contributed by atoms with E-state index in [1.54, 1.807) is 0 Å². The zero-order chi connectivity index (χ0) is 14.8. The van der Waals surface area contributed by atoms with E-state index in [0.29, 0.717) is 32.7 Å². The molecule has 0 spiro atoms. The van der Waals surface area contributed by atoms with Crippen molar-refractivity contribution in [3.63, 3.8) is 0 Å². The molecule has 1 rings (SSSR count). The number of hydrogen-bond donors (Lipinski definition) is 1. The number of nitrogens with zero attached hydrogens (tertiary/aromatic N) is 1. The third-order valence-electron chi connectivity index (χ3n) is 3.02. The van der Waals surface area contributed by atoms with Gasteiger partial charge in [-0.05, 0) is 19.3 Å². The van der Waals surface area contributed by atoms with Crippen LogP contribution in [0.1, 0.15) is 39.5 Å². The Morgan fingerprint density at radius 2 is 1.86 bits per heavy atom. The van der Waals surface area contributed by atoms with Gasteiger partial charge in [0.15, 0.2) is 0 Å². The number of amides is 1. The SMILES string of the molecule is CCCOP(=O)(CNCCN1CCCC1=O)OCCC.Cl. The van der Waals surface area contributed by atoms with Crippen molar-refractivity contribution < 1.29 is 18.4 Å². The highest BCUT2D eigenvalue weighted by atomic mass is 35.5. The summed E-state index contributed by atoms with van der Waals surface area (Å²) < 4.78 is 23.1. The topological polar surface area (TPSA) is 67.9 Å². The van der Waals surface area contributed by atoms with Crippen LogP contribution in [-0.4, -0.2) is 49.9 Å². The van der Waals surface area contributed by atoms with Gasteiger partial charge in [0.05, 0.1) is 19.5 Å². The molecule has 0 bridgehead atoms. The molecule has 0 aromatic carbocycles. The van der Waals surface area contributed by atoms with Gasteiger partial charge in [0.2, 0.25) is 5.91 Å². The fraction of sp³-hybridized carbons (Fsp3) is 0.923. The zero-order valence-corrected chi connectivity index (χ0v) is 14.7. The Balaban J connectivity index is 0.00000400. The van der Waals surface area contributed by atoms with Crippen LogP contribution in [0.25, 0.3) is 0 Å². The molecule has 21 heavy (non-hydrogen) atoms. The highest BCUT2D eigenvalue weighted by Gasteiger charge is 2.24. The first-order valence-corrected chi connectivity index (χ1v) is 9.20. The number of hydrogen-bond acceptors (Lipinski definition) is 5. The smallest absolute Gasteiger partial charge is 0.341 e. The maximum absolute atomic E-state index is 12.4. The van der Waals surface area contributed by atoms with Gasteiger partial charge in [0, 0.05) is 26.1 Å². The molecule has 6 nitrogen and oxygen atoms in total. The molecule has 1 amide bonds. The average Bonchev–Trinajstić information content (AvgIpc) is 2.85. The Labute approximate surface area is 133 Å². The van der Waals surface area contributed by atoms with Crippen molar-refractivity contribution in [3.05, 3.63) is 0 Å². The molecule has 0 aromatic heterocycles. The number of likely N-dealkylation sites (tertiary alicyclic amines) is 1. The van der Waals surface area contributed by atoms with Gasteiger partial charge in [-0.25, -0.2) is 0 Å². The molecule has 0 radical (unpaired) electrons. The van der Waals surface area contributed by atoms with Gasteiger partial charge in [-0.1, -0.05) is 13.8 Å². The van der Waals surface area contributed by atoms with Crippen LogP contribution in [0.15, 0.2) is 0 Å². The van der Waals surface area contributed by atoms with Crippen LogP contribution in [0.2, 0.25) is 0 Å². The van der Waals surface area contributed by atoms with E-state index in [-0.39, 0.29) is 24.6 Å². The molecule has 0 unspecified atom stereocenters. The summed E-state index contributed by atoms with van der Waals surface area (Å²) in [6, 6.07) is 0. The number of carbonyl (C=O) groups is 1. The first-order valence-electron chi connectivity index (χ1n) is 7.48. The predicted molar refractivity (Wildman–Crippen MR) is 86.0 cm³/mol. The van der Waals surface area contributed by atoms with Crippen molar-refractivity contribution in [2.75, 3.05) is 39.1 Å². The van der Waals surface area contributed by atoms with Gasteiger partial charge in [-0.15, -0.1) is 12.4 Å². The van der Waals surface area contributed by atoms with Crippen LogP contribution in [0, 0.1) is 0 Å². The number of rotatable bonds is 11. The van der Waals surface area contributed by atoms with Gasteiger partial charge in [0.1, 0.15) is 0 Å². The van der Waals surface area contributed by atoms with Crippen LogP contribution in [0.3, 0.4) is 0 Å². The van der Waals surface area contributed by atoms with Gasteiger partial charge in [0.25, 0.3) is 0 Å². The van der Waals surface area contributed by atoms with E-state index in [9.17, 15) is 9.36 Å². The average molecular weight is 343 g/mol. The normalized spacial score (nSPS) is 15.3. The van der Waals surface area contributed by atoms with E-state index in [1.807, 2.05) is 18.7 Å². The van der Waals surface area contributed by atoms with Crippen molar-refractivity contribution in [1.82, 2.24) is 10.2 Å². The number of carbonyl (C=O) groups excluding carboxylic acids is 1. The lowest BCUT2D eigenvalue weighted by Gasteiger charge is -2.20. The molecule has 8 heteroatoms. The second-order valence-electron chi connectivity index (χ2n) is 4.92. The fourth-order valence-corrected chi connectivity index (χ4v) is 3.57. The molecule has 1 heterocycles. The number of halogens is 1. The van der Waals surface area contributed by atoms with E-state index in [1.165, 1.54) is 0 Å². The minimum absolute atomic E-state index is 0. The van der Waals surface area contributed by atoms with E-state index < -0.39 is 7.60 Å². The van der Waals surface area contributed by atoms with Gasteiger partial charge < -0.3 is 19.3 Å². The van der Waals surface area contributed by atoms with Gasteiger partial charge in [-0.2, -0.15) is 0 Å². The molecule has 126 valence electrons. The predicted octanol–water partition coefficient (Wildman–Crippen LogP) is 2.62. The van der Waals surface area contributed by atoms with E-state index in [2.05, 4.69) is 5.32 Å². The first-order chi connectivity index (χ1) is 9.61. The summed E-state index contributed by atoms with van der Waals surface area (Å²) in [6.07, 6.45) is 3.41. The monoisotopic (exact) mass is 342 g/mol. The Kier molecular flexibility index (Phi) is 11.4. The van der Waals surface area contributed by atoms with Crippen molar-refractivity contribution in [3.8, 4) is 0 Å². The Hall–Kier alpha value is -0.130. The number of nitrogens with one attached hydrogen (secondary N) is 1. The summed E-state index contributed by atoms with van der Waals surface area (Å²) in [7, 11) is -3.04. The van der Waals surface area contributed by atoms with Crippen LogP contribution in [-0.2, 0) is 18.4 Å². The summed E-state index contributed by atoms with van der Waals surface area (Å²) >= 11 is 0. The van der Waals surface area contributed by atoms with E-state index in [0.717, 1.165) is 25.8 Å². The lowest BCUT2D eigenvalue weighted by atomic mass is 10.4. The van der Waals surface area contributed by atoms with Crippen LogP contribution in [0.4, 0.5) is 0 Å². The van der Waals surface area contributed by atoms with Crippen LogP contribution in [0.5, 0.6) is 0 Å². The maximum atomic E-state index is 12.4. The second-order valence-corrected chi connectivity index (χ2v) is 6.97. The molecular weight excluding hydrogens is 315 g/mol. The molecule has 1 aliphatic rings. The summed E-state index contributed by atoms with van der Waals surface area (Å²) in [4.78, 5) is 13.3. The summed E-state index contributed by atoms with van der Waals surface area (Å²) in [6.45, 7) is 6.91. The maximum Gasteiger partial charge on any atom is 0.344 e. The standard InChI is InChI=1S/C13H27N2O4P.ClH/c1-3-10-18-20(17,19-11-4-2)12-14-7-9-15-8-5-6-13(15)16;/h14H,3-12H2,1-2H3;1H. The van der Waals surface area contributed by atoms with E-state index >= 15 is 0 Å². The highest BCUT2D eigenvalue weighted by Crippen LogP contribution is 2.47. The Morgan fingerprint density at radius 1 is 1.24 bits per heavy atom. The quantitative estimate of drug-likeness (QED) is 0.462. The fourth-order valence-electron chi connectivity index (χ4n) is 1.96. The van der Waals surface area contributed by atoms with Crippen LogP contribution < -0.4 is 5.32 Å². The molecular formula is C13H28ClN2O4P. The zero-order valence-electron chi connectivity index (χ0n) is 13.0. The Morgan fingerprint density at radius 3 is 2.33 bits per heavy atom. The Bertz CT molecular complexity index is 332. The van der Waals surface area contributed by atoms with Crippen molar-refractivity contribution in [1.29, 1.82) is 0 Å². The summed E-state index contributed by atoms with van der Waals surface area (Å²) in [5, 5.41) is 3.08. The third-order valence-corrected chi connectivity index (χ3v) is 4.78. The van der Waals surface area contributed by atoms with E-state index in [4.69, 9.17) is 9.05 Å². The molecule has 1 aliphatic heterocycles. The van der Waals surface area contributed by atoms with Crippen molar-refractivity contribution >= 4 is 25.9 Å². The van der Waals surface area contributed by atoms with Crippen LogP contribution >= 0.6 is 20.0 Å². The summed E-state index contributed by atoms with van der Waals surface area (Å²) in [5.41, 5.74) is 0. The van der Waals surface area contributed by atoms with Crippen molar-refractivity contribution in [2.24, 2.45) is 0 Å². The highest BCUT2D eigenvalue weighted by molar-refractivity contribution is 7.53. The molecule has 1 saturated heterocycles. The summed E-state index contributed by atoms with van der Waals surface area (Å²) in [5.74, 6) is 0.208. The largest absolute Gasteiger partial charge is 0.344 e. The lowest BCUT2D eigenvalue weighted by Crippen LogP contribution is -2.33.